The van der Waals surface area contributed by atoms with Crippen molar-refractivity contribution >= 4 is 0 Å². The third-order valence-electron chi connectivity index (χ3n) is 2.91. The number of hydrogen-bond donors (Lipinski definition) is 0. The van der Waals surface area contributed by atoms with Gasteiger partial charge in [0.1, 0.15) is 12.9 Å². The lowest BCUT2D eigenvalue weighted by Gasteiger charge is -2.03. The third kappa shape index (κ3) is 5.20. The molecule has 0 heterocycles. The maximum absolute atomic E-state index is 4.89. The Hall–Kier alpha value is -0.980. The van der Waals surface area contributed by atoms with Crippen molar-refractivity contribution in [3.05, 3.63) is 36.9 Å². The fourth-order valence-corrected chi connectivity index (χ4v) is 1.86. The summed E-state index contributed by atoms with van der Waals surface area (Å²) >= 11 is 0. The minimum absolute atomic E-state index is 0.840. The molecule has 0 unspecified atom stereocenters. The summed E-state index contributed by atoms with van der Waals surface area (Å²) in [6, 6.07) is 8.23. The number of hydrogen-bond acceptors (Lipinski definition) is 1. The normalized spacial score (nSPS) is 10.4. The first-order valence-corrected chi connectivity index (χ1v) is 6.37. The van der Waals surface area contributed by atoms with Gasteiger partial charge < -0.3 is 4.74 Å². The van der Waals surface area contributed by atoms with Crippen molar-refractivity contribution in [3.63, 3.8) is 0 Å². The first-order valence-electron chi connectivity index (χ1n) is 6.37. The summed E-state index contributed by atoms with van der Waals surface area (Å²) in [6.45, 7) is 2.26. The fourth-order valence-electron chi connectivity index (χ4n) is 1.86. The van der Waals surface area contributed by atoms with Gasteiger partial charge in [0.2, 0.25) is 0 Å². The zero-order valence-electron chi connectivity index (χ0n) is 10.4. The summed E-state index contributed by atoms with van der Waals surface area (Å²) in [6.07, 6.45) is 9.33. The lowest BCUT2D eigenvalue weighted by atomic mass is 10.1. The minimum Gasteiger partial charge on any atom is -0.490 e. The van der Waals surface area contributed by atoms with E-state index in [2.05, 4.69) is 26.2 Å². The SMILES string of the molecule is [CH2]Oc1ccc(CCCCCCCC)cc1. The molecule has 1 nitrogen and oxygen atoms in total. The topological polar surface area (TPSA) is 9.23 Å². The molecule has 0 amide bonds. The highest BCUT2D eigenvalue weighted by atomic mass is 16.5. The highest BCUT2D eigenvalue weighted by Gasteiger charge is 1.95. The van der Waals surface area contributed by atoms with Gasteiger partial charge in [-0.1, -0.05) is 51.2 Å². The Morgan fingerprint density at radius 1 is 0.938 bits per heavy atom. The van der Waals surface area contributed by atoms with E-state index in [1.54, 1.807) is 0 Å². The summed E-state index contributed by atoms with van der Waals surface area (Å²) in [5, 5.41) is 0. The molecular formula is C15H23O. The number of ether oxygens (including phenoxy) is 1. The highest BCUT2D eigenvalue weighted by molar-refractivity contribution is 5.27. The van der Waals surface area contributed by atoms with E-state index in [-0.39, 0.29) is 0 Å². The minimum atomic E-state index is 0.840. The van der Waals surface area contributed by atoms with Gasteiger partial charge in [0.05, 0.1) is 0 Å². The van der Waals surface area contributed by atoms with Gasteiger partial charge in [0.25, 0.3) is 0 Å². The second-order valence-electron chi connectivity index (χ2n) is 4.31. The van der Waals surface area contributed by atoms with Crippen LogP contribution in [0.4, 0.5) is 0 Å². The predicted octanol–water partition coefficient (Wildman–Crippen LogP) is 4.76. The summed E-state index contributed by atoms with van der Waals surface area (Å²) in [5.74, 6) is 0.840. The molecule has 16 heavy (non-hydrogen) atoms. The molecule has 0 N–H and O–H groups in total. The molecule has 0 aliphatic carbocycles. The Morgan fingerprint density at radius 2 is 1.56 bits per heavy atom. The molecule has 1 heteroatoms. The van der Waals surface area contributed by atoms with Gasteiger partial charge in [-0.05, 0) is 30.5 Å². The van der Waals surface area contributed by atoms with Gasteiger partial charge in [-0.15, -0.1) is 0 Å². The van der Waals surface area contributed by atoms with Crippen LogP contribution in [-0.2, 0) is 6.42 Å². The van der Waals surface area contributed by atoms with Crippen LogP contribution in [0.15, 0.2) is 24.3 Å². The molecule has 0 saturated carbocycles. The van der Waals surface area contributed by atoms with E-state index in [4.69, 9.17) is 4.74 Å². The van der Waals surface area contributed by atoms with Crippen LogP contribution in [0.5, 0.6) is 5.75 Å². The zero-order valence-corrected chi connectivity index (χ0v) is 10.4. The standard InChI is InChI=1S/C15H23O/c1-3-4-5-6-7-8-9-14-10-12-15(16-2)13-11-14/h10-13H,2-9H2,1H3. The van der Waals surface area contributed by atoms with Crippen molar-refractivity contribution in [1.82, 2.24) is 0 Å². The number of benzene rings is 1. The molecule has 1 radical (unpaired) electrons. The Morgan fingerprint density at radius 3 is 2.19 bits per heavy atom. The van der Waals surface area contributed by atoms with Crippen LogP contribution in [-0.4, -0.2) is 0 Å². The van der Waals surface area contributed by atoms with Gasteiger partial charge in [-0.25, -0.2) is 0 Å². The molecule has 1 rings (SSSR count). The lowest BCUT2D eigenvalue weighted by molar-refractivity contribution is 0.472. The molecule has 0 bridgehead atoms. The number of aryl methyl sites for hydroxylation is 1. The van der Waals surface area contributed by atoms with Gasteiger partial charge in [0, 0.05) is 0 Å². The lowest BCUT2D eigenvalue weighted by Crippen LogP contribution is -1.87. The van der Waals surface area contributed by atoms with Crippen LogP contribution in [0.3, 0.4) is 0 Å². The largest absolute Gasteiger partial charge is 0.490 e. The number of rotatable bonds is 8. The van der Waals surface area contributed by atoms with Crippen molar-refractivity contribution in [2.75, 3.05) is 0 Å². The molecule has 1 aromatic carbocycles. The molecule has 0 atom stereocenters. The quantitative estimate of drug-likeness (QED) is 0.573. The van der Waals surface area contributed by atoms with Gasteiger partial charge in [0.15, 0.2) is 0 Å². The number of unbranched alkanes of at least 4 members (excludes halogenated alkanes) is 5. The second-order valence-corrected chi connectivity index (χ2v) is 4.31. The van der Waals surface area contributed by atoms with Crippen molar-refractivity contribution in [2.45, 2.75) is 51.9 Å². The maximum atomic E-state index is 4.89. The molecule has 0 aliphatic rings. The van der Waals surface area contributed by atoms with Crippen LogP contribution < -0.4 is 4.74 Å². The first kappa shape index (κ1) is 13.1. The van der Waals surface area contributed by atoms with Crippen LogP contribution in [0.25, 0.3) is 0 Å². The molecular weight excluding hydrogens is 196 g/mol. The van der Waals surface area contributed by atoms with E-state index in [1.807, 2.05) is 12.1 Å². The van der Waals surface area contributed by atoms with E-state index < -0.39 is 0 Å². The second kappa shape index (κ2) is 8.20. The van der Waals surface area contributed by atoms with Crippen LogP contribution in [0, 0.1) is 7.11 Å². The molecule has 0 spiro atoms. The van der Waals surface area contributed by atoms with Crippen molar-refractivity contribution < 1.29 is 4.74 Å². The predicted molar refractivity (Wildman–Crippen MR) is 69.5 cm³/mol. The Bertz CT molecular complexity index is 263. The summed E-state index contributed by atoms with van der Waals surface area (Å²) in [5.41, 5.74) is 1.40. The van der Waals surface area contributed by atoms with E-state index in [9.17, 15) is 0 Å². The fraction of sp³-hybridized carbons (Fsp3) is 0.533. The van der Waals surface area contributed by atoms with Crippen molar-refractivity contribution in [2.24, 2.45) is 0 Å². The van der Waals surface area contributed by atoms with E-state index >= 15 is 0 Å². The van der Waals surface area contributed by atoms with Crippen LogP contribution >= 0.6 is 0 Å². The van der Waals surface area contributed by atoms with Crippen molar-refractivity contribution in [1.29, 1.82) is 0 Å². The summed E-state index contributed by atoms with van der Waals surface area (Å²) in [4.78, 5) is 0. The van der Waals surface area contributed by atoms with Gasteiger partial charge >= 0.3 is 0 Å². The Labute approximate surface area is 99.8 Å². The summed E-state index contributed by atoms with van der Waals surface area (Å²) in [7, 11) is 3.39. The van der Waals surface area contributed by atoms with Gasteiger partial charge in [-0.3, -0.25) is 0 Å². The van der Waals surface area contributed by atoms with Crippen LogP contribution in [0.1, 0.15) is 51.0 Å². The zero-order chi connectivity index (χ0) is 11.6. The Kier molecular flexibility index (Phi) is 6.71. The van der Waals surface area contributed by atoms with Gasteiger partial charge in [-0.2, -0.15) is 0 Å². The van der Waals surface area contributed by atoms with Crippen LogP contribution in [0.2, 0.25) is 0 Å². The monoisotopic (exact) mass is 219 g/mol. The van der Waals surface area contributed by atoms with E-state index in [0.717, 1.165) is 5.75 Å². The highest BCUT2D eigenvalue weighted by Crippen LogP contribution is 2.14. The average molecular weight is 219 g/mol. The summed E-state index contributed by atoms with van der Waals surface area (Å²) < 4.78 is 4.89. The molecule has 0 aromatic heterocycles. The molecule has 1 aromatic rings. The Balaban J connectivity index is 2.12. The molecule has 89 valence electrons. The maximum Gasteiger partial charge on any atom is 0.122 e. The van der Waals surface area contributed by atoms with E-state index in [1.165, 1.54) is 50.5 Å². The third-order valence-corrected chi connectivity index (χ3v) is 2.91. The van der Waals surface area contributed by atoms with Crippen molar-refractivity contribution in [3.8, 4) is 5.75 Å². The first-order chi connectivity index (χ1) is 7.86. The van der Waals surface area contributed by atoms with E-state index in [0.29, 0.717) is 0 Å². The average Bonchev–Trinajstić information content (AvgIpc) is 2.34. The molecule has 0 fully saturated rings. The smallest absolute Gasteiger partial charge is 0.122 e. The molecule has 0 saturated heterocycles. The molecule has 0 aliphatic heterocycles.